The largest absolute Gasteiger partial charge is 0.494 e. The summed E-state index contributed by atoms with van der Waals surface area (Å²) < 4.78 is 36.7. The lowest BCUT2D eigenvalue weighted by atomic mass is 10.2. The second kappa shape index (κ2) is 9.15. The van der Waals surface area contributed by atoms with Gasteiger partial charge in [-0.1, -0.05) is 12.1 Å². The summed E-state index contributed by atoms with van der Waals surface area (Å²) >= 11 is 0. The van der Waals surface area contributed by atoms with Crippen molar-refractivity contribution in [1.82, 2.24) is 4.72 Å². The number of carbonyl (C=O) groups is 2. The molecule has 0 aliphatic heterocycles. The Hall–Kier alpha value is -2.91. The zero-order chi connectivity index (χ0) is 19.9. The van der Waals surface area contributed by atoms with Gasteiger partial charge in [0.15, 0.2) is 0 Å². The van der Waals surface area contributed by atoms with Crippen LogP contribution in [0.25, 0.3) is 0 Å². The summed E-state index contributed by atoms with van der Waals surface area (Å²) in [6.07, 6.45) is 0. The number of rotatable bonds is 8. The van der Waals surface area contributed by atoms with Crippen molar-refractivity contribution >= 4 is 27.6 Å². The Kier molecular flexibility index (Phi) is 6.91. The van der Waals surface area contributed by atoms with Crippen LogP contribution in [0.2, 0.25) is 0 Å². The predicted octanol–water partition coefficient (Wildman–Crippen LogP) is 1.79. The topological polar surface area (TPSA) is 111 Å². The number of amides is 1. The fourth-order valence-electron chi connectivity index (χ4n) is 2.20. The zero-order valence-electron chi connectivity index (χ0n) is 14.9. The fourth-order valence-corrected chi connectivity index (χ4v) is 3.18. The molecule has 9 heteroatoms. The summed E-state index contributed by atoms with van der Waals surface area (Å²) in [6.45, 7) is 1.80. The molecule has 2 rings (SSSR count). The van der Waals surface area contributed by atoms with E-state index >= 15 is 0 Å². The number of esters is 1. The minimum absolute atomic E-state index is 0.00807. The number of benzene rings is 2. The van der Waals surface area contributed by atoms with Crippen LogP contribution in [0.5, 0.6) is 5.75 Å². The van der Waals surface area contributed by atoms with Crippen molar-refractivity contribution in [3.05, 3.63) is 54.1 Å². The van der Waals surface area contributed by atoms with E-state index in [1.807, 2.05) is 6.92 Å². The highest BCUT2D eigenvalue weighted by Gasteiger charge is 2.17. The van der Waals surface area contributed by atoms with Gasteiger partial charge >= 0.3 is 5.97 Å². The van der Waals surface area contributed by atoms with Gasteiger partial charge in [-0.05, 0) is 43.3 Å². The number of methoxy groups -OCH3 is 1. The van der Waals surface area contributed by atoms with E-state index in [-0.39, 0.29) is 16.1 Å². The van der Waals surface area contributed by atoms with E-state index in [0.717, 1.165) is 0 Å². The van der Waals surface area contributed by atoms with E-state index in [1.54, 1.807) is 12.1 Å². The summed E-state index contributed by atoms with van der Waals surface area (Å²) in [7, 11) is -2.64. The fraction of sp³-hybridized carbons (Fsp3) is 0.222. The van der Waals surface area contributed by atoms with Gasteiger partial charge < -0.3 is 14.8 Å². The maximum Gasteiger partial charge on any atom is 0.339 e. The molecule has 0 aromatic heterocycles. The molecule has 0 aliphatic rings. The molecular formula is C18H20N2O6S. The third-order valence-electron chi connectivity index (χ3n) is 3.47. The zero-order valence-corrected chi connectivity index (χ0v) is 15.7. The molecule has 2 aromatic carbocycles. The molecule has 0 fully saturated rings. The van der Waals surface area contributed by atoms with Crippen molar-refractivity contribution in [2.45, 2.75) is 11.8 Å². The summed E-state index contributed by atoms with van der Waals surface area (Å²) in [6, 6.07) is 12.1. The Balaban J connectivity index is 2.01. The van der Waals surface area contributed by atoms with Crippen LogP contribution >= 0.6 is 0 Å². The third-order valence-corrected chi connectivity index (χ3v) is 4.89. The first kappa shape index (κ1) is 20.4. The van der Waals surface area contributed by atoms with Crippen molar-refractivity contribution in [1.29, 1.82) is 0 Å². The van der Waals surface area contributed by atoms with Crippen molar-refractivity contribution in [2.24, 2.45) is 0 Å². The van der Waals surface area contributed by atoms with E-state index in [0.29, 0.717) is 12.4 Å². The molecule has 2 aromatic rings. The van der Waals surface area contributed by atoms with Gasteiger partial charge in [0.1, 0.15) is 5.75 Å². The first-order valence-corrected chi connectivity index (χ1v) is 9.55. The Morgan fingerprint density at radius 3 is 2.33 bits per heavy atom. The molecule has 27 heavy (non-hydrogen) atoms. The van der Waals surface area contributed by atoms with Crippen molar-refractivity contribution in [3.8, 4) is 5.75 Å². The SMILES string of the molecule is CCOc1ccc(S(=O)(=O)NCC(=O)Nc2ccccc2C(=O)OC)cc1. The van der Waals surface area contributed by atoms with Gasteiger partial charge in [0, 0.05) is 0 Å². The van der Waals surface area contributed by atoms with Crippen molar-refractivity contribution in [2.75, 3.05) is 25.6 Å². The lowest BCUT2D eigenvalue weighted by Gasteiger charge is -2.11. The molecule has 0 heterocycles. The van der Waals surface area contributed by atoms with Crippen LogP contribution in [-0.2, 0) is 19.6 Å². The lowest BCUT2D eigenvalue weighted by Crippen LogP contribution is -2.33. The van der Waals surface area contributed by atoms with Crippen LogP contribution in [0.3, 0.4) is 0 Å². The lowest BCUT2D eigenvalue weighted by molar-refractivity contribution is -0.115. The summed E-state index contributed by atoms with van der Waals surface area (Å²) in [4.78, 5) is 23.8. The Bertz CT molecular complexity index is 910. The van der Waals surface area contributed by atoms with Gasteiger partial charge in [-0.15, -0.1) is 0 Å². The molecule has 2 N–H and O–H groups in total. The molecule has 144 valence electrons. The number of ether oxygens (including phenoxy) is 2. The van der Waals surface area contributed by atoms with Gasteiger partial charge in [0.25, 0.3) is 0 Å². The van der Waals surface area contributed by atoms with Crippen LogP contribution in [0, 0.1) is 0 Å². The highest BCUT2D eigenvalue weighted by Crippen LogP contribution is 2.17. The number of hydrogen-bond donors (Lipinski definition) is 2. The molecule has 0 atom stereocenters. The second-order valence-electron chi connectivity index (χ2n) is 5.31. The number of anilines is 1. The average Bonchev–Trinajstić information content (AvgIpc) is 2.67. The number of carbonyl (C=O) groups excluding carboxylic acids is 2. The Morgan fingerprint density at radius 1 is 1.04 bits per heavy atom. The van der Waals surface area contributed by atoms with E-state index < -0.39 is 28.4 Å². The third kappa shape index (κ3) is 5.53. The standard InChI is InChI=1S/C18H20N2O6S/c1-3-26-13-8-10-14(11-9-13)27(23,24)19-12-17(21)20-16-7-5-4-6-15(16)18(22)25-2/h4-11,19H,3,12H2,1-2H3,(H,20,21). The van der Waals surface area contributed by atoms with E-state index in [2.05, 4.69) is 14.8 Å². The Morgan fingerprint density at radius 2 is 1.70 bits per heavy atom. The maximum absolute atomic E-state index is 12.3. The van der Waals surface area contributed by atoms with Gasteiger partial charge in [-0.2, -0.15) is 0 Å². The maximum atomic E-state index is 12.3. The first-order valence-electron chi connectivity index (χ1n) is 8.07. The van der Waals surface area contributed by atoms with Gasteiger partial charge in [0.2, 0.25) is 15.9 Å². The number of hydrogen-bond acceptors (Lipinski definition) is 6. The van der Waals surface area contributed by atoms with Gasteiger partial charge in [0.05, 0.1) is 36.4 Å². The van der Waals surface area contributed by atoms with E-state index in [9.17, 15) is 18.0 Å². The molecule has 0 unspecified atom stereocenters. The monoisotopic (exact) mass is 392 g/mol. The normalized spacial score (nSPS) is 10.9. The molecule has 0 saturated heterocycles. The minimum atomic E-state index is -3.87. The van der Waals surface area contributed by atoms with Crippen LogP contribution in [-0.4, -0.2) is 40.6 Å². The van der Waals surface area contributed by atoms with Gasteiger partial charge in [-0.3, -0.25) is 4.79 Å². The highest BCUT2D eigenvalue weighted by atomic mass is 32.2. The summed E-state index contributed by atoms with van der Waals surface area (Å²) in [5.74, 6) is -0.685. The van der Waals surface area contributed by atoms with Crippen LogP contribution < -0.4 is 14.8 Å². The number of nitrogens with one attached hydrogen (secondary N) is 2. The minimum Gasteiger partial charge on any atom is -0.494 e. The molecule has 1 amide bonds. The second-order valence-corrected chi connectivity index (χ2v) is 7.08. The van der Waals surface area contributed by atoms with E-state index in [1.165, 1.54) is 43.5 Å². The molecule has 0 spiro atoms. The quantitative estimate of drug-likeness (QED) is 0.663. The van der Waals surface area contributed by atoms with Crippen molar-refractivity contribution in [3.63, 3.8) is 0 Å². The van der Waals surface area contributed by atoms with Gasteiger partial charge in [-0.25, -0.2) is 17.9 Å². The average molecular weight is 392 g/mol. The first-order chi connectivity index (χ1) is 12.9. The smallest absolute Gasteiger partial charge is 0.339 e. The highest BCUT2D eigenvalue weighted by molar-refractivity contribution is 7.89. The Labute approximate surface area is 157 Å². The number of sulfonamides is 1. The molecule has 0 saturated carbocycles. The van der Waals surface area contributed by atoms with Crippen LogP contribution in [0.4, 0.5) is 5.69 Å². The molecule has 0 radical (unpaired) electrons. The van der Waals surface area contributed by atoms with E-state index in [4.69, 9.17) is 4.74 Å². The molecule has 0 aliphatic carbocycles. The molecular weight excluding hydrogens is 372 g/mol. The summed E-state index contributed by atoms with van der Waals surface area (Å²) in [5.41, 5.74) is 0.400. The molecule has 8 nitrogen and oxygen atoms in total. The van der Waals surface area contributed by atoms with Crippen LogP contribution in [0.15, 0.2) is 53.4 Å². The van der Waals surface area contributed by atoms with Crippen molar-refractivity contribution < 1.29 is 27.5 Å². The summed E-state index contributed by atoms with van der Waals surface area (Å²) in [5, 5.41) is 2.49. The molecule has 0 bridgehead atoms. The number of para-hydroxylation sites is 1. The predicted molar refractivity (Wildman–Crippen MR) is 99.2 cm³/mol. The van der Waals surface area contributed by atoms with Crippen LogP contribution in [0.1, 0.15) is 17.3 Å².